The molecule has 88 valence electrons. The molecule has 6 heteroatoms. The van der Waals surface area contributed by atoms with Gasteiger partial charge in [0, 0.05) is 25.9 Å². The Bertz CT molecular complexity index is 464. The Morgan fingerprint density at radius 2 is 2.06 bits per heavy atom. The third-order valence-corrected chi connectivity index (χ3v) is 5.86. The number of carbonyl (C=O) groups excluding carboxylic acids is 1. The van der Waals surface area contributed by atoms with Crippen molar-refractivity contribution < 1.29 is 13.2 Å². The van der Waals surface area contributed by atoms with E-state index in [0.29, 0.717) is 36.6 Å². The van der Waals surface area contributed by atoms with E-state index < -0.39 is 10.0 Å². The molecule has 1 saturated heterocycles. The number of hydrogen-bond acceptors (Lipinski definition) is 4. The summed E-state index contributed by atoms with van der Waals surface area (Å²) in [4.78, 5) is 11.2. The van der Waals surface area contributed by atoms with Crippen molar-refractivity contribution in [2.75, 3.05) is 13.1 Å². The van der Waals surface area contributed by atoms with E-state index in [0.717, 1.165) is 0 Å². The number of sulfonamides is 1. The van der Waals surface area contributed by atoms with E-state index in [1.807, 2.05) is 0 Å². The first-order valence-electron chi connectivity index (χ1n) is 5.16. The summed E-state index contributed by atoms with van der Waals surface area (Å²) in [6.07, 6.45) is 1.46. The largest absolute Gasteiger partial charge is 0.300 e. The lowest BCUT2D eigenvalue weighted by atomic mass is 10.2. The van der Waals surface area contributed by atoms with Crippen LogP contribution < -0.4 is 0 Å². The Hall–Kier alpha value is -0.720. The summed E-state index contributed by atoms with van der Waals surface area (Å²) < 4.78 is 26.0. The zero-order valence-electron chi connectivity index (χ0n) is 8.76. The van der Waals surface area contributed by atoms with Gasteiger partial charge in [0.2, 0.25) is 0 Å². The third-order valence-electron chi connectivity index (χ3n) is 2.59. The van der Waals surface area contributed by atoms with Crippen LogP contribution >= 0.6 is 11.3 Å². The van der Waals surface area contributed by atoms with Gasteiger partial charge in [0.15, 0.2) is 0 Å². The van der Waals surface area contributed by atoms with E-state index in [1.54, 1.807) is 17.5 Å². The maximum Gasteiger partial charge on any atom is 0.252 e. The first kappa shape index (κ1) is 11.8. The minimum atomic E-state index is -3.37. The lowest BCUT2D eigenvalue weighted by Gasteiger charge is -2.18. The SMILES string of the molecule is O=C1CCCN(S(=O)(=O)c2cccs2)CC1. The van der Waals surface area contributed by atoms with Gasteiger partial charge in [-0.2, -0.15) is 4.31 Å². The molecule has 16 heavy (non-hydrogen) atoms. The van der Waals surface area contributed by atoms with E-state index >= 15 is 0 Å². The molecule has 1 aromatic rings. The number of nitrogens with zero attached hydrogens (tertiary/aromatic N) is 1. The summed E-state index contributed by atoms with van der Waals surface area (Å²) in [7, 11) is -3.37. The fourth-order valence-corrected chi connectivity index (χ4v) is 4.34. The maximum atomic E-state index is 12.1. The second-order valence-corrected chi connectivity index (χ2v) is 6.84. The molecular formula is C10H13NO3S2. The summed E-state index contributed by atoms with van der Waals surface area (Å²) in [6, 6.07) is 3.33. The van der Waals surface area contributed by atoms with E-state index in [4.69, 9.17) is 0 Å². The van der Waals surface area contributed by atoms with Gasteiger partial charge in [-0.25, -0.2) is 8.42 Å². The van der Waals surface area contributed by atoms with Crippen LogP contribution in [0.5, 0.6) is 0 Å². The molecule has 0 spiro atoms. The Kier molecular flexibility index (Phi) is 3.41. The van der Waals surface area contributed by atoms with Crippen molar-refractivity contribution in [1.29, 1.82) is 0 Å². The van der Waals surface area contributed by atoms with Crippen LogP contribution in [0.2, 0.25) is 0 Å². The maximum absolute atomic E-state index is 12.1. The topological polar surface area (TPSA) is 54.5 Å². The average molecular weight is 259 g/mol. The zero-order valence-corrected chi connectivity index (χ0v) is 10.4. The molecule has 0 aliphatic carbocycles. The standard InChI is InChI=1S/C10H13NO3S2/c12-9-3-1-6-11(7-5-9)16(13,14)10-4-2-8-15-10/h2,4,8H,1,3,5-7H2. The lowest BCUT2D eigenvalue weighted by Crippen LogP contribution is -2.31. The summed E-state index contributed by atoms with van der Waals surface area (Å²) in [5.41, 5.74) is 0. The van der Waals surface area contributed by atoms with Crippen LogP contribution in [0.15, 0.2) is 21.7 Å². The average Bonchev–Trinajstić information content (AvgIpc) is 2.68. The summed E-state index contributed by atoms with van der Waals surface area (Å²) in [5.74, 6) is 0.156. The highest BCUT2D eigenvalue weighted by Crippen LogP contribution is 2.22. The normalized spacial score (nSPS) is 19.6. The molecule has 1 aromatic heterocycles. The molecule has 0 atom stereocenters. The van der Waals surface area contributed by atoms with Gasteiger partial charge < -0.3 is 0 Å². The number of rotatable bonds is 2. The smallest absolute Gasteiger partial charge is 0.252 e. The van der Waals surface area contributed by atoms with Gasteiger partial charge in [-0.3, -0.25) is 4.79 Å². The van der Waals surface area contributed by atoms with Gasteiger partial charge >= 0.3 is 0 Å². The molecule has 1 fully saturated rings. The fraction of sp³-hybridized carbons (Fsp3) is 0.500. The number of carbonyl (C=O) groups is 1. The second-order valence-electron chi connectivity index (χ2n) is 3.73. The van der Waals surface area contributed by atoms with Gasteiger partial charge in [0.05, 0.1) is 0 Å². The van der Waals surface area contributed by atoms with Gasteiger partial charge in [-0.1, -0.05) is 6.07 Å². The predicted molar refractivity (Wildman–Crippen MR) is 61.9 cm³/mol. The fourth-order valence-electron chi connectivity index (χ4n) is 1.72. The van der Waals surface area contributed by atoms with Crippen LogP contribution in [-0.4, -0.2) is 31.6 Å². The summed E-state index contributed by atoms with van der Waals surface area (Å²) >= 11 is 1.22. The van der Waals surface area contributed by atoms with Crippen molar-refractivity contribution in [1.82, 2.24) is 4.31 Å². The second kappa shape index (κ2) is 4.65. The van der Waals surface area contributed by atoms with E-state index in [-0.39, 0.29) is 5.78 Å². The molecule has 1 aliphatic heterocycles. The quantitative estimate of drug-likeness (QED) is 0.808. The van der Waals surface area contributed by atoms with Crippen molar-refractivity contribution in [2.45, 2.75) is 23.5 Å². The molecule has 0 amide bonds. The molecule has 2 rings (SSSR count). The molecule has 0 radical (unpaired) electrons. The molecule has 2 heterocycles. The minimum absolute atomic E-state index is 0.156. The Morgan fingerprint density at radius 3 is 2.75 bits per heavy atom. The third kappa shape index (κ3) is 2.34. The van der Waals surface area contributed by atoms with Crippen LogP contribution in [0.4, 0.5) is 0 Å². The van der Waals surface area contributed by atoms with Crippen molar-refractivity contribution in [3.8, 4) is 0 Å². The molecule has 1 aliphatic rings. The summed E-state index contributed by atoms with van der Waals surface area (Å²) in [5, 5.41) is 1.75. The van der Waals surface area contributed by atoms with E-state index in [1.165, 1.54) is 15.6 Å². The van der Waals surface area contributed by atoms with Crippen molar-refractivity contribution in [2.24, 2.45) is 0 Å². The van der Waals surface area contributed by atoms with Gasteiger partial charge in [0.25, 0.3) is 10.0 Å². The van der Waals surface area contributed by atoms with Gasteiger partial charge in [0.1, 0.15) is 9.99 Å². The highest BCUT2D eigenvalue weighted by atomic mass is 32.2. The van der Waals surface area contributed by atoms with Crippen LogP contribution in [0.25, 0.3) is 0 Å². The molecule has 4 nitrogen and oxygen atoms in total. The molecule has 0 bridgehead atoms. The van der Waals surface area contributed by atoms with Gasteiger partial charge in [-0.05, 0) is 17.9 Å². The van der Waals surface area contributed by atoms with Crippen LogP contribution in [0.3, 0.4) is 0 Å². The minimum Gasteiger partial charge on any atom is -0.300 e. The molecule has 0 N–H and O–H groups in total. The van der Waals surface area contributed by atoms with E-state index in [9.17, 15) is 13.2 Å². The highest BCUT2D eigenvalue weighted by molar-refractivity contribution is 7.91. The molecule has 0 saturated carbocycles. The Morgan fingerprint density at radius 1 is 1.25 bits per heavy atom. The van der Waals surface area contributed by atoms with Crippen molar-refractivity contribution >= 4 is 27.1 Å². The van der Waals surface area contributed by atoms with Crippen molar-refractivity contribution in [3.05, 3.63) is 17.5 Å². The van der Waals surface area contributed by atoms with Crippen LogP contribution in [0.1, 0.15) is 19.3 Å². The Balaban J connectivity index is 2.21. The highest BCUT2D eigenvalue weighted by Gasteiger charge is 2.27. The Labute approximate surface area is 98.9 Å². The molecule has 0 unspecified atom stereocenters. The van der Waals surface area contributed by atoms with Crippen LogP contribution in [0, 0.1) is 0 Å². The number of ketones is 1. The molecular weight excluding hydrogens is 246 g/mol. The first-order chi connectivity index (χ1) is 7.60. The monoisotopic (exact) mass is 259 g/mol. The van der Waals surface area contributed by atoms with Crippen molar-refractivity contribution in [3.63, 3.8) is 0 Å². The van der Waals surface area contributed by atoms with Crippen LogP contribution in [-0.2, 0) is 14.8 Å². The predicted octanol–water partition coefficient (Wildman–Crippen LogP) is 1.49. The van der Waals surface area contributed by atoms with E-state index in [2.05, 4.69) is 0 Å². The molecule has 0 aromatic carbocycles. The van der Waals surface area contributed by atoms with Gasteiger partial charge in [-0.15, -0.1) is 11.3 Å². The number of thiophene rings is 1. The zero-order chi connectivity index (χ0) is 11.6. The number of hydrogen-bond donors (Lipinski definition) is 0. The summed E-state index contributed by atoms with van der Waals surface area (Å²) in [6.45, 7) is 0.769. The number of Topliss-reactive ketones (excluding diaryl/α,β-unsaturated/α-hetero) is 1. The first-order valence-corrected chi connectivity index (χ1v) is 7.48. The lowest BCUT2D eigenvalue weighted by molar-refractivity contribution is -0.118.